The lowest BCUT2D eigenvalue weighted by Gasteiger charge is -2.42. The Morgan fingerprint density at radius 2 is 2.06 bits per heavy atom. The molecule has 2 N–H and O–H groups in total. The van der Waals surface area contributed by atoms with Crippen molar-refractivity contribution in [1.82, 2.24) is 10.2 Å². The van der Waals surface area contributed by atoms with Crippen molar-refractivity contribution in [1.29, 1.82) is 5.26 Å². The molecular weight excluding hydrogens is 446 g/mol. The molecule has 0 fully saturated rings. The van der Waals surface area contributed by atoms with E-state index in [-0.39, 0.29) is 11.2 Å². The highest BCUT2D eigenvalue weighted by Gasteiger charge is 2.45. The first kappa shape index (κ1) is 22.1. The van der Waals surface area contributed by atoms with Crippen molar-refractivity contribution in [2.24, 2.45) is 11.1 Å². The Labute approximate surface area is 194 Å². The summed E-state index contributed by atoms with van der Waals surface area (Å²) in [6, 6.07) is 6.43. The maximum absolute atomic E-state index is 13.5. The van der Waals surface area contributed by atoms with Crippen molar-refractivity contribution in [3.63, 3.8) is 0 Å². The van der Waals surface area contributed by atoms with Gasteiger partial charge in [-0.05, 0) is 36.1 Å². The molecule has 1 aliphatic heterocycles. The molecule has 162 valence electrons. The highest BCUT2D eigenvalue weighted by atomic mass is 32.2. The molecule has 0 radical (unpaired) electrons. The second kappa shape index (κ2) is 8.41. The number of carbonyl (C=O) groups is 1. The molecule has 1 unspecified atom stereocenters. The van der Waals surface area contributed by atoms with Crippen molar-refractivity contribution < 1.29 is 4.79 Å². The van der Waals surface area contributed by atoms with E-state index in [0.717, 1.165) is 27.1 Å². The molecule has 0 bridgehead atoms. The highest BCUT2D eigenvalue weighted by molar-refractivity contribution is 8.01. The van der Waals surface area contributed by atoms with Crippen molar-refractivity contribution in [2.45, 2.75) is 57.2 Å². The van der Waals surface area contributed by atoms with Crippen LogP contribution in [0.1, 0.15) is 56.2 Å². The number of carbonyl (C=O) groups excluding carboxylic acids is 1. The average Bonchev–Trinajstić information content (AvgIpc) is 3.36. The lowest BCUT2D eigenvalue weighted by atomic mass is 9.70. The molecule has 3 heterocycles. The van der Waals surface area contributed by atoms with Gasteiger partial charge in [-0.2, -0.15) is 5.26 Å². The van der Waals surface area contributed by atoms with E-state index in [1.807, 2.05) is 11.0 Å². The fourth-order valence-corrected chi connectivity index (χ4v) is 7.08. The summed E-state index contributed by atoms with van der Waals surface area (Å²) < 4.78 is 0.848. The molecule has 0 saturated heterocycles. The van der Waals surface area contributed by atoms with Crippen LogP contribution < -0.4 is 10.6 Å². The molecule has 4 rings (SSSR count). The number of hydrogen-bond donors (Lipinski definition) is 1. The Kier molecular flexibility index (Phi) is 5.99. The first-order valence-corrected chi connectivity index (χ1v) is 12.9. The number of thiophene rings is 1. The predicted octanol–water partition coefficient (Wildman–Crippen LogP) is 5.21. The minimum absolute atomic E-state index is 0.0839. The summed E-state index contributed by atoms with van der Waals surface area (Å²) in [6.07, 6.45) is 2.06. The molecule has 2 aliphatic rings. The summed E-state index contributed by atoms with van der Waals surface area (Å²) >= 11 is 4.71. The fraction of sp³-hybridized carbons (Fsp3) is 0.455. The average molecular weight is 472 g/mol. The Hall–Kier alpha value is -2.15. The second-order valence-electron chi connectivity index (χ2n) is 8.42. The van der Waals surface area contributed by atoms with Gasteiger partial charge in [0.2, 0.25) is 5.13 Å². The van der Waals surface area contributed by atoms with Gasteiger partial charge >= 0.3 is 0 Å². The lowest BCUT2D eigenvalue weighted by molar-refractivity contribution is -0.118. The van der Waals surface area contributed by atoms with Gasteiger partial charge in [0.05, 0.1) is 17.6 Å². The number of rotatable bonds is 5. The van der Waals surface area contributed by atoms with Crippen LogP contribution in [0.25, 0.3) is 0 Å². The molecule has 1 atom stereocenters. The van der Waals surface area contributed by atoms with Gasteiger partial charge in [0.25, 0.3) is 0 Å². The number of thioether (sulfide) groups is 1. The summed E-state index contributed by atoms with van der Waals surface area (Å²) in [5.74, 6) is 0.916. The zero-order valence-corrected chi connectivity index (χ0v) is 20.5. The zero-order valence-electron chi connectivity index (χ0n) is 18.1. The molecule has 31 heavy (non-hydrogen) atoms. The number of ketones is 1. The number of hydrogen-bond acceptors (Lipinski definition) is 9. The number of aryl methyl sites for hydroxylation is 1. The third kappa shape index (κ3) is 3.93. The van der Waals surface area contributed by atoms with Gasteiger partial charge in [-0.25, -0.2) is 0 Å². The standard InChI is InChI=1S/C22H25N5OS3/c1-5-12-7-8-16(30-12)17-13(11-23)19(24)27(20-25-26-21(31-20)29-6-2)14-9-22(3,4)10-15(28)18(14)17/h7-8,17H,5-6,9-10,24H2,1-4H3. The number of allylic oxidation sites excluding steroid dienone is 3. The van der Waals surface area contributed by atoms with E-state index >= 15 is 0 Å². The van der Waals surface area contributed by atoms with Crippen LogP contribution in [0.4, 0.5) is 5.13 Å². The van der Waals surface area contributed by atoms with Gasteiger partial charge in [-0.15, -0.1) is 21.5 Å². The van der Waals surface area contributed by atoms with Crippen LogP contribution in [-0.4, -0.2) is 21.7 Å². The van der Waals surface area contributed by atoms with Gasteiger partial charge < -0.3 is 5.73 Å². The Balaban J connectivity index is 1.93. The highest BCUT2D eigenvalue weighted by Crippen LogP contribution is 2.51. The van der Waals surface area contributed by atoms with Crippen LogP contribution >= 0.6 is 34.4 Å². The third-order valence-electron chi connectivity index (χ3n) is 5.55. The van der Waals surface area contributed by atoms with Crippen LogP contribution in [-0.2, 0) is 11.2 Å². The number of aromatic nitrogens is 2. The Morgan fingerprint density at radius 1 is 1.29 bits per heavy atom. The lowest BCUT2D eigenvalue weighted by Crippen LogP contribution is -2.42. The van der Waals surface area contributed by atoms with Crippen LogP contribution in [0.5, 0.6) is 0 Å². The van der Waals surface area contributed by atoms with E-state index in [1.165, 1.54) is 16.2 Å². The van der Waals surface area contributed by atoms with Crippen LogP contribution in [0, 0.1) is 16.7 Å². The monoisotopic (exact) mass is 471 g/mol. The maximum atomic E-state index is 13.5. The zero-order chi connectivity index (χ0) is 22.3. The summed E-state index contributed by atoms with van der Waals surface area (Å²) in [5.41, 5.74) is 8.40. The number of anilines is 1. The van der Waals surface area contributed by atoms with E-state index in [0.29, 0.717) is 34.9 Å². The number of nitriles is 1. The van der Waals surface area contributed by atoms with Gasteiger partial charge in [0, 0.05) is 27.4 Å². The Bertz CT molecular complexity index is 1130. The minimum Gasteiger partial charge on any atom is -0.384 e. The smallest absolute Gasteiger partial charge is 0.219 e. The molecule has 0 saturated carbocycles. The molecular formula is C22H25N5OS3. The summed E-state index contributed by atoms with van der Waals surface area (Å²) in [7, 11) is 0. The quantitative estimate of drug-likeness (QED) is 0.598. The SMILES string of the molecule is CCSc1nnc(N2C(N)=C(C#N)C(c3ccc(CC)s3)C3=C2CC(C)(C)CC3=O)s1. The predicted molar refractivity (Wildman–Crippen MR) is 127 cm³/mol. The molecule has 6 nitrogen and oxygen atoms in total. The molecule has 0 aromatic carbocycles. The van der Waals surface area contributed by atoms with E-state index in [2.05, 4.69) is 50.0 Å². The van der Waals surface area contributed by atoms with Gasteiger partial charge in [-0.1, -0.05) is 50.8 Å². The Morgan fingerprint density at radius 3 is 2.71 bits per heavy atom. The second-order valence-corrected chi connectivity index (χ2v) is 12.1. The third-order valence-corrected chi connectivity index (χ3v) is 8.77. The van der Waals surface area contributed by atoms with Gasteiger partial charge in [-0.3, -0.25) is 9.69 Å². The first-order chi connectivity index (χ1) is 14.8. The molecule has 1 aliphatic carbocycles. The van der Waals surface area contributed by atoms with Gasteiger partial charge in [0.1, 0.15) is 5.82 Å². The van der Waals surface area contributed by atoms with Crippen molar-refractivity contribution in [2.75, 3.05) is 10.7 Å². The van der Waals surface area contributed by atoms with Gasteiger partial charge in [0.15, 0.2) is 10.1 Å². The molecule has 2 aromatic heterocycles. The molecule has 2 aromatic rings. The fourth-order valence-electron chi connectivity index (χ4n) is 4.23. The number of nitrogens with two attached hydrogens (primary N) is 1. The molecule has 0 spiro atoms. The largest absolute Gasteiger partial charge is 0.384 e. The number of Topliss-reactive ketones (excluding diaryl/α,β-unsaturated/α-hetero) is 1. The van der Waals surface area contributed by atoms with E-state index in [1.54, 1.807) is 23.1 Å². The van der Waals surface area contributed by atoms with E-state index < -0.39 is 5.92 Å². The first-order valence-electron chi connectivity index (χ1n) is 10.3. The van der Waals surface area contributed by atoms with Crippen LogP contribution in [0.3, 0.4) is 0 Å². The number of nitrogens with zero attached hydrogens (tertiary/aromatic N) is 4. The normalized spacial score (nSPS) is 20.8. The molecule has 9 heteroatoms. The topological polar surface area (TPSA) is 95.9 Å². The van der Waals surface area contributed by atoms with Crippen molar-refractivity contribution in [3.05, 3.63) is 44.6 Å². The van der Waals surface area contributed by atoms with Crippen molar-refractivity contribution in [3.8, 4) is 6.07 Å². The van der Waals surface area contributed by atoms with Crippen LogP contribution in [0.2, 0.25) is 0 Å². The summed E-state index contributed by atoms with van der Waals surface area (Å²) in [4.78, 5) is 17.5. The minimum atomic E-state index is -0.414. The summed E-state index contributed by atoms with van der Waals surface area (Å²) in [6.45, 7) is 8.36. The van der Waals surface area contributed by atoms with Crippen LogP contribution in [0.15, 0.2) is 39.1 Å². The molecule has 0 amide bonds. The maximum Gasteiger partial charge on any atom is 0.219 e. The van der Waals surface area contributed by atoms with E-state index in [9.17, 15) is 10.1 Å². The summed E-state index contributed by atoms with van der Waals surface area (Å²) in [5, 5.41) is 19.4. The van der Waals surface area contributed by atoms with E-state index in [4.69, 9.17) is 5.73 Å². The van der Waals surface area contributed by atoms with Crippen molar-refractivity contribution >= 4 is 45.4 Å².